The molecular formula is C7H19N3O. The van der Waals surface area contributed by atoms with Gasteiger partial charge in [0.15, 0.2) is 0 Å². The number of hydrogen-bond donors (Lipinski definition) is 4. The summed E-state index contributed by atoms with van der Waals surface area (Å²) in [5.41, 5.74) is 9.06. The zero-order chi connectivity index (χ0) is 9.12. The van der Waals surface area contributed by atoms with Crippen LogP contribution in [-0.2, 0) is 0 Å². The molecule has 1 heterocycles. The fourth-order valence-electron chi connectivity index (χ4n) is 0.743. The second-order valence-electron chi connectivity index (χ2n) is 2.92. The Morgan fingerprint density at radius 3 is 1.73 bits per heavy atom. The Bertz CT molecular complexity index is 115. The molecule has 1 aliphatic rings. The molecule has 1 saturated heterocycles. The molecule has 0 atom stereocenters. The lowest BCUT2D eigenvalue weighted by molar-refractivity contribution is -0.0679. The van der Waals surface area contributed by atoms with E-state index in [0.29, 0.717) is 13.1 Å². The summed E-state index contributed by atoms with van der Waals surface area (Å²) >= 11 is 0. The molecule has 4 nitrogen and oxygen atoms in total. The number of nitrogens with one attached hydrogen (secondary N) is 1. The van der Waals surface area contributed by atoms with Crippen LogP contribution in [0.15, 0.2) is 0 Å². The zero-order valence-corrected chi connectivity index (χ0v) is 7.52. The Morgan fingerprint density at radius 1 is 1.36 bits per heavy atom. The highest BCUT2D eigenvalue weighted by Crippen LogP contribution is 2.18. The summed E-state index contributed by atoms with van der Waals surface area (Å²) in [5, 5.41) is 12.3. The van der Waals surface area contributed by atoms with Crippen molar-refractivity contribution >= 4 is 0 Å². The van der Waals surface area contributed by atoms with Crippen molar-refractivity contribution in [3.63, 3.8) is 0 Å². The van der Waals surface area contributed by atoms with E-state index in [1.54, 1.807) is 6.92 Å². The van der Waals surface area contributed by atoms with Gasteiger partial charge in [-0.25, -0.2) is 0 Å². The summed E-state index contributed by atoms with van der Waals surface area (Å²) in [6.45, 7) is 6.61. The molecule has 0 amide bonds. The van der Waals surface area contributed by atoms with Crippen LogP contribution in [-0.4, -0.2) is 29.5 Å². The molecule has 68 valence electrons. The Morgan fingerprint density at radius 2 is 1.73 bits per heavy atom. The van der Waals surface area contributed by atoms with Crippen molar-refractivity contribution in [1.29, 1.82) is 0 Å². The summed E-state index contributed by atoms with van der Waals surface area (Å²) in [6, 6.07) is 0. The number of rotatable bonds is 1. The van der Waals surface area contributed by atoms with Crippen LogP contribution in [0.5, 0.6) is 0 Å². The molecular weight excluding hydrogens is 142 g/mol. The third kappa shape index (κ3) is 2.13. The van der Waals surface area contributed by atoms with Crippen molar-refractivity contribution in [1.82, 2.24) is 5.32 Å². The first-order chi connectivity index (χ1) is 4.96. The molecule has 0 spiro atoms. The molecule has 4 heteroatoms. The van der Waals surface area contributed by atoms with E-state index in [1.807, 2.05) is 13.8 Å². The van der Waals surface area contributed by atoms with Gasteiger partial charge in [-0.05, 0) is 6.92 Å². The Kier molecular flexibility index (Phi) is 3.44. The third-order valence-electron chi connectivity index (χ3n) is 1.84. The van der Waals surface area contributed by atoms with E-state index >= 15 is 0 Å². The van der Waals surface area contributed by atoms with Gasteiger partial charge in [-0.2, -0.15) is 0 Å². The maximum Gasteiger partial charge on any atom is 0.120 e. The van der Waals surface area contributed by atoms with Crippen molar-refractivity contribution < 1.29 is 5.11 Å². The van der Waals surface area contributed by atoms with Crippen molar-refractivity contribution in [2.75, 3.05) is 13.1 Å². The van der Waals surface area contributed by atoms with Crippen LogP contribution in [0, 0.1) is 0 Å². The Balaban J connectivity index is 0.000000461. The van der Waals surface area contributed by atoms with Crippen LogP contribution in [0.25, 0.3) is 0 Å². The van der Waals surface area contributed by atoms with Gasteiger partial charge in [0.1, 0.15) is 5.60 Å². The molecule has 1 fully saturated rings. The van der Waals surface area contributed by atoms with Crippen LogP contribution >= 0.6 is 0 Å². The van der Waals surface area contributed by atoms with E-state index in [9.17, 15) is 5.11 Å². The van der Waals surface area contributed by atoms with E-state index in [1.165, 1.54) is 0 Å². The summed E-state index contributed by atoms with van der Waals surface area (Å²) in [5.74, 6) is 0. The molecule has 0 aromatic rings. The van der Waals surface area contributed by atoms with Crippen LogP contribution in [0.4, 0.5) is 0 Å². The highest BCUT2D eigenvalue weighted by molar-refractivity contribution is 5.05. The minimum absolute atomic E-state index is 0.497. The van der Waals surface area contributed by atoms with Crippen LogP contribution in [0.1, 0.15) is 20.8 Å². The second kappa shape index (κ2) is 3.49. The van der Waals surface area contributed by atoms with Gasteiger partial charge in [0.2, 0.25) is 0 Å². The van der Waals surface area contributed by atoms with E-state index in [2.05, 4.69) is 5.32 Å². The topological polar surface area (TPSA) is 84.3 Å². The van der Waals surface area contributed by atoms with Gasteiger partial charge in [0.05, 0.1) is 5.66 Å². The second-order valence-corrected chi connectivity index (χ2v) is 2.92. The fraction of sp³-hybridized carbons (Fsp3) is 1.00. The standard InChI is InChI=1S/C5H13N3O.C2H6/c1-4(6,7)5(9)2-8-3-5;1-2/h8-9H,2-3,6-7H2,1H3;1-2H3. The quantitative estimate of drug-likeness (QED) is 0.371. The smallest absolute Gasteiger partial charge is 0.120 e. The molecule has 1 aliphatic heterocycles. The van der Waals surface area contributed by atoms with Gasteiger partial charge in [0.25, 0.3) is 0 Å². The van der Waals surface area contributed by atoms with E-state index in [-0.39, 0.29) is 0 Å². The fourth-order valence-corrected chi connectivity index (χ4v) is 0.743. The number of nitrogens with two attached hydrogens (primary N) is 2. The monoisotopic (exact) mass is 161 g/mol. The molecule has 11 heavy (non-hydrogen) atoms. The van der Waals surface area contributed by atoms with Crippen LogP contribution in [0.2, 0.25) is 0 Å². The van der Waals surface area contributed by atoms with Gasteiger partial charge in [-0.15, -0.1) is 0 Å². The lowest BCUT2D eigenvalue weighted by Crippen LogP contribution is -2.77. The van der Waals surface area contributed by atoms with E-state index < -0.39 is 11.3 Å². The average Bonchev–Trinajstić information content (AvgIpc) is 1.85. The molecule has 0 unspecified atom stereocenters. The molecule has 0 aromatic heterocycles. The van der Waals surface area contributed by atoms with Crippen molar-refractivity contribution in [2.24, 2.45) is 11.5 Å². The van der Waals surface area contributed by atoms with Gasteiger partial charge in [-0.3, -0.25) is 0 Å². The zero-order valence-electron chi connectivity index (χ0n) is 7.52. The predicted molar refractivity (Wildman–Crippen MR) is 45.9 cm³/mol. The normalized spacial score (nSPS) is 21.3. The van der Waals surface area contributed by atoms with Gasteiger partial charge in [-0.1, -0.05) is 13.8 Å². The maximum atomic E-state index is 9.43. The van der Waals surface area contributed by atoms with Crippen LogP contribution in [0.3, 0.4) is 0 Å². The first-order valence-electron chi connectivity index (χ1n) is 3.97. The number of aliphatic hydroxyl groups is 1. The van der Waals surface area contributed by atoms with Gasteiger partial charge in [0, 0.05) is 13.1 Å². The van der Waals surface area contributed by atoms with Crippen molar-refractivity contribution in [3.8, 4) is 0 Å². The summed E-state index contributed by atoms with van der Waals surface area (Å²) in [7, 11) is 0. The highest BCUT2D eigenvalue weighted by Gasteiger charge is 2.46. The third-order valence-corrected chi connectivity index (χ3v) is 1.84. The summed E-state index contributed by atoms with van der Waals surface area (Å²) in [6.07, 6.45) is 0. The summed E-state index contributed by atoms with van der Waals surface area (Å²) < 4.78 is 0. The maximum absolute atomic E-state index is 9.43. The predicted octanol–water partition coefficient (Wildman–Crippen LogP) is -1.02. The molecule has 0 radical (unpaired) electrons. The largest absolute Gasteiger partial charge is 0.384 e. The van der Waals surface area contributed by atoms with Crippen LogP contribution < -0.4 is 16.8 Å². The minimum Gasteiger partial charge on any atom is -0.384 e. The Hall–Kier alpha value is -0.160. The molecule has 1 rings (SSSR count). The molecule has 0 bridgehead atoms. The van der Waals surface area contributed by atoms with Crippen molar-refractivity contribution in [2.45, 2.75) is 32.0 Å². The van der Waals surface area contributed by atoms with Crippen molar-refractivity contribution in [3.05, 3.63) is 0 Å². The van der Waals surface area contributed by atoms with Gasteiger partial charge < -0.3 is 21.9 Å². The number of hydrogen-bond acceptors (Lipinski definition) is 4. The average molecular weight is 161 g/mol. The lowest BCUT2D eigenvalue weighted by Gasteiger charge is -2.46. The minimum atomic E-state index is -0.974. The summed E-state index contributed by atoms with van der Waals surface area (Å²) in [4.78, 5) is 0. The van der Waals surface area contributed by atoms with E-state index in [4.69, 9.17) is 11.5 Å². The lowest BCUT2D eigenvalue weighted by atomic mass is 9.85. The SMILES string of the molecule is CC.CC(N)(N)C1(O)CNC1. The van der Waals surface area contributed by atoms with Gasteiger partial charge >= 0.3 is 0 Å². The molecule has 0 aromatic carbocycles. The number of β-amino-alcohol motifs (C(OH)–C–C–N with tert-alkyl or cyclic N) is 1. The molecule has 0 aliphatic carbocycles. The first kappa shape index (κ1) is 10.8. The first-order valence-corrected chi connectivity index (χ1v) is 3.97. The highest BCUT2D eigenvalue weighted by atomic mass is 16.3. The van der Waals surface area contributed by atoms with E-state index in [0.717, 1.165) is 0 Å². The molecule has 6 N–H and O–H groups in total. The molecule has 0 saturated carbocycles. The Labute approximate surface area is 68.0 Å².